The predicted molar refractivity (Wildman–Crippen MR) is 59.4 cm³/mol. The van der Waals surface area contributed by atoms with E-state index in [9.17, 15) is 9.59 Å². The van der Waals surface area contributed by atoms with E-state index in [-0.39, 0.29) is 17.9 Å². The van der Waals surface area contributed by atoms with Crippen LogP contribution in [0.3, 0.4) is 0 Å². The molecular formula is C10H11BrN2O3. The monoisotopic (exact) mass is 286 g/mol. The maximum atomic E-state index is 11.4. The van der Waals surface area contributed by atoms with E-state index in [1.165, 1.54) is 0 Å². The quantitative estimate of drug-likeness (QED) is 0.812. The van der Waals surface area contributed by atoms with Gasteiger partial charge in [0.2, 0.25) is 11.8 Å². The van der Waals surface area contributed by atoms with Crippen LogP contribution in [0.5, 0.6) is 0 Å². The Kier molecular flexibility index (Phi) is 3.40. The van der Waals surface area contributed by atoms with E-state index in [1.807, 2.05) is 6.07 Å². The third-order valence-electron chi connectivity index (χ3n) is 2.39. The molecule has 5 nitrogen and oxygen atoms in total. The van der Waals surface area contributed by atoms with Crippen molar-refractivity contribution >= 4 is 27.7 Å². The SMILES string of the molecule is O=C1CCC(NCc2ccc(Br)o2)C(=O)N1. The van der Waals surface area contributed by atoms with E-state index < -0.39 is 0 Å². The highest BCUT2D eigenvalue weighted by Gasteiger charge is 2.25. The molecule has 1 aliphatic heterocycles. The lowest BCUT2D eigenvalue weighted by Crippen LogP contribution is -2.50. The van der Waals surface area contributed by atoms with Gasteiger partial charge in [0, 0.05) is 6.42 Å². The molecule has 16 heavy (non-hydrogen) atoms. The third-order valence-corrected chi connectivity index (χ3v) is 2.82. The van der Waals surface area contributed by atoms with Gasteiger partial charge in [-0.15, -0.1) is 0 Å². The fraction of sp³-hybridized carbons (Fsp3) is 0.400. The minimum Gasteiger partial charge on any atom is -0.453 e. The van der Waals surface area contributed by atoms with Crippen molar-refractivity contribution in [3.63, 3.8) is 0 Å². The molecule has 0 aromatic carbocycles. The smallest absolute Gasteiger partial charge is 0.243 e. The van der Waals surface area contributed by atoms with Crippen LogP contribution < -0.4 is 10.6 Å². The van der Waals surface area contributed by atoms with Crippen molar-refractivity contribution in [2.45, 2.75) is 25.4 Å². The Bertz CT molecular complexity index is 416. The Labute approximate surface area is 101 Å². The van der Waals surface area contributed by atoms with Crippen molar-refractivity contribution in [1.82, 2.24) is 10.6 Å². The van der Waals surface area contributed by atoms with Gasteiger partial charge in [0.25, 0.3) is 0 Å². The van der Waals surface area contributed by atoms with Crippen LogP contribution in [0, 0.1) is 0 Å². The van der Waals surface area contributed by atoms with E-state index in [0.29, 0.717) is 24.1 Å². The van der Waals surface area contributed by atoms with Crippen molar-refractivity contribution in [2.75, 3.05) is 0 Å². The fourth-order valence-electron chi connectivity index (χ4n) is 1.56. The van der Waals surface area contributed by atoms with Crippen LogP contribution in [0.15, 0.2) is 21.2 Å². The number of nitrogens with one attached hydrogen (secondary N) is 2. The molecule has 1 aliphatic rings. The van der Waals surface area contributed by atoms with Crippen LogP contribution in [0.25, 0.3) is 0 Å². The summed E-state index contributed by atoms with van der Waals surface area (Å²) in [6.07, 6.45) is 0.914. The minimum atomic E-state index is -0.318. The first-order chi connectivity index (χ1) is 7.65. The van der Waals surface area contributed by atoms with Gasteiger partial charge < -0.3 is 4.42 Å². The second-order valence-electron chi connectivity index (χ2n) is 3.59. The number of carbonyl (C=O) groups is 2. The Morgan fingerprint density at radius 3 is 2.94 bits per heavy atom. The van der Waals surface area contributed by atoms with Gasteiger partial charge in [-0.1, -0.05) is 0 Å². The van der Waals surface area contributed by atoms with Crippen LogP contribution in [-0.4, -0.2) is 17.9 Å². The second-order valence-corrected chi connectivity index (χ2v) is 4.37. The molecule has 1 aromatic rings. The second kappa shape index (κ2) is 4.80. The minimum absolute atomic E-state index is 0.205. The summed E-state index contributed by atoms with van der Waals surface area (Å²) in [5.74, 6) is 0.280. The molecule has 0 saturated carbocycles. The Morgan fingerprint density at radius 2 is 2.31 bits per heavy atom. The van der Waals surface area contributed by atoms with Crippen LogP contribution >= 0.6 is 15.9 Å². The van der Waals surface area contributed by atoms with E-state index in [0.717, 1.165) is 5.76 Å². The molecule has 0 aliphatic carbocycles. The number of halogens is 1. The predicted octanol–water partition coefficient (Wildman–Crippen LogP) is 0.937. The normalized spacial score (nSPS) is 20.9. The molecular weight excluding hydrogens is 276 g/mol. The summed E-state index contributed by atoms with van der Waals surface area (Å²) >= 11 is 3.20. The molecule has 1 atom stereocenters. The standard InChI is InChI=1S/C10H11BrN2O3/c11-8-3-1-6(16-8)5-12-7-2-4-9(14)13-10(7)15/h1,3,7,12H,2,4-5H2,(H,13,14,15). The largest absolute Gasteiger partial charge is 0.453 e. The van der Waals surface area contributed by atoms with Crippen LogP contribution in [0.1, 0.15) is 18.6 Å². The molecule has 1 unspecified atom stereocenters. The van der Waals surface area contributed by atoms with Gasteiger partial charge in [-0.05, 0) is 34.5 Å². The molecule has 1 aromatic heterocycles. The number of furan rings is 1. The highest BCUT2D eigenvalue weighted by molar-refractivity contribution is 9.10. The van der Waals surface area contributed by atoms with Crippen molar-refractivity contribution in [3.8, 4) is 0 Å². The van der Waals surface area contributed by atoms with Crippen molar-refractivity contribution in [3.05, 3.63) is 22.6 Å². The van der Waals surface area contributed by atoms with Crippen LogP contribution in [0.2, 0.25) is 0 Å². The highest BCUT2D eigenvalue weighted by atomic mass is 79.9. The number of piperidine rings is 1. The van der Waals surface area contributed by atoms with Crippen LogP contribution in [-0.2, 0) is 16.1 Å². The number of hydrogen-bond acceptors (Lipinski definition) is 4. The first kappa shape index (κ1) is 11.3. The maximum absolute atomic E-state index is 11.4. The van der Waals surface area contributed by atoms with Crippen molar-refractivity contribution in [2.24, 2.45) is 0 Å². The van der Waals surface area contributed by atoms with Gasteiger partial charge in [-0.3, -0.25) is 20.2 Å². The average Bonchev–Trinajstić information content (AvgIpc) is 2.63. The topological polar surface area (TPSA) is 71.3 Å². The van der Waals surface area contributed by atoms with E-state index in [2.05, 4.69) is 26.6 Å². The third kappa shape index (κ3) is 2.70. The fourth-order valence-corrected chi connectivity index (χ4v) is 1.90. The van der Waals surface area contributed by atoms with Gasteiger partial charge in [-0.2, -0.15) is 0 Å². The highest BCUT2D eigenvalue weighted by Crippen LogP contribution is 2.14. The number of amides is 2. The number of carbonyl (C=O) groups excluding carboxylic acids is 2. The van der Waals surface area contributed by atoms with Crippen molar-refractivity contribution in [1.29, 1.82) is 0 Å². The molecule has 0 radical (unpaired) electrons. The molecule has 6 heteroatoms. The molecule has 86 valence electrons. The van der Waals surface area contributed by atoms with Gasteiger partial charge in [-0.25, -0.2) is 0 Å². The number of imide groups is 1. The molecule has 1 fully saturated rings. The van der Waals surface area contributed by atoms with Crippen molar-refractivity contribution < 1.29 is 14.0 Å². The summed E-state index contributed by atoms with van der Waals surface area (Å²) in [6.45, 7) is 0.470. The molecule has 2 rings (SSSR count). The van der Waals surface area contributed by atoms with E-state index in [4.69, 9.17) is 4.42 Å². The summed E-state index contributed by atoms with van der Waals surface area (Å²) in [5.41, 5.74) is 0. The average molecular weight is 287 g/mol. The molecule has 0 spiro atoms. The summed E-state index contributed by atoms with van der Waals surface area (Å²) in [7, 11) is 0. The maximum Gasteiger partial charge on any atom is 0.243 e. The Morgan fingerprint density at radius 1 is 1.50 bits per heavy atom. The number of rotatable bonds is 3. The zero-order valence-electron chi connectivity index (χ0n) is 8.46. The lowest BCUT2D eigenvalue weighted by Gasteiger charge is -2.21. The van der Waals surface area contributed by atoms with Gasteiger partial charge >= 0.3 is 0 Å². The Balaban J connectivity index is 1.86. The molecule has 2 amide bonds. The summed E-state index contributed by atoms with van der Waals surface area (Å²) in [4.78, 5) is 22.3. The first-order valence-electron chi connectivity index (χ1n) is 4.96. The van der Waals surface area contributed by atoms with Crippen LogP contribution in [0.4, 0.5) is 0 Å². The molecule has 1 saturated heterocycles. The molecule has 2 heterocycles. The van der Waals surface area contributed by atoms with Gasteiger partial charge in [0.1, 0.15) is 5.76 Å². The first-order valence-corrected chi connectivity index (χ1v) is 5.76. The zero-order chi connectivity index (χ0) is 11.5. The van der Waals surface area contributed by atoms with Gasteiger partial charge in [0.15, 0.2) is 4.67 Å². The lowest BCUT2D eigenvalue weighted by atomic mass is 10.1. The van der Waals surface area contributed by atoms with E-state index >= 15 is 0 Å². The Hall–Kier alpha value is -1.14. The van der Waals surface area contributed by atoms with E-state index in [1.54, 1.807) is 6.07 Å². The lowest BCUT2D eigenvalue weighted by molar-refractivity contribution is -0.134. The summed E-state index contributed by atoms with van der Waals surface area (Å²) < 4.78 is 5.95. The number of hydrogen-bond donors (Lipinski definition) is 2. The molecule has 2 N–H and O–H groups in total. The zero-order valence-corrected chi connectivity index (χ0v) is 10.0. The summed E-state index contributed by atoms with van der Waals surface area (Å²) in [6, 6.07) is 3.30. The summed E-state index contributed by atoms with van der Waals surface area (Å²) in [5, 5.41) is 5.33. The molecule has 0 bridgehead atoms. The van der Waals surface area contributed by atoms with Gasteiger partial charge in [0.05, 0.1) is 12.6 Å².